The summed E-state index contributed by atoms with van der Waals surface area (Å²) in [6, 6.07) is 6.39. The molecule has 4 heteroatoms. The number of thiocarbonyl (C=S) groups is 1. The lowest BCUT2D eigenvalue weighted by Crippen LogP contribution is -2.19. The van der Waals surface area contributed by atoms with Gasteiger partial charge in [-0.15, -0.1) is 0 Å². The fraction of sp³-hybridized carbons (Fsp3) is 0.462. The number of nitrogens with one attached hydrogen (secondary N) is 1. The standard InChI is InChI=1S/C13H19BrN2S/c1-3-4-6-9(2)16-11-8-5-7-10(14)12(11)13(15)17/h5,7-9,16H,3-4,6H2,1-2H3,(H2,15,17). The van der Waals surface area contributed by atoms with E-state index in [2.05, 4.69) is 35.1 Å². The molecule has 1 rings (SSSR count). The lowest BCUT2D eigenvalue weighted by atomic mass is 10.1. The molecule has 0 amide bonds. The maximum atomic E-state index is 5.75. The minimum absolute atomic E-state index is 0.419. The van der Waals surface area contributed by atoms with Crippen molar-refractivity contribution < 1.29 is 0 Å². The first kappa shape index (κ1) is 14.5. The van der Waals surface area contributed by atoms with Crippen molar-refractivity contribution in [2.75, 3.05) is 5.32 Å². The molecule has 0 radical (unpaired) electrons. The van der Waals surface area contributed by atoms with Crippen molar-refractivity contribution in [1.82, 2.24) is 0 Å². The summed E-state index contributed by atoms with van der Waals surface area (Å²) in [5.74, 6) is 0. The van der Waals surface area contributed by atoms with Crippen molar-refractivity contribution in [2.24, 2.45) is 5.73 Å². The van der Waals surface area contributed by atoms with Gasteiger partial charge in [-0.25, -0.2) is 0 Å². The van der Waals surface area contributed by atoms with Crippen molar-refractivity contribution in [3.63, 3.8) is 0 Å². The van der Waals surface area contributed by atoms with Gasteiger partial charge in [0.2, 0.25) is 0 Å². The van der Waals surface area contributed by atoms with Gasteiger partial charge in [0.25, 0.3) is 0 Å². The van der Waals surface area contributed by atoms with Crippen LogP contribution in [0.15, 0.2) is 22.7 Å². The average molecular weight is 315 g/mol. The number of unbranched alkanes of at least 4 members (excludes halogenated alkanes) is 1. The van der Waals surface area contributed by atoms with Gasteiger partial charge in [-0.1, -0.05) is 38.0 Å². The van der Waals surface area contributed by atoms with Crippen LogP contribution in [0, 0.1) is 0 Å². The molecule has 1 aromatic carbocycles. The van der Waals surface area contributed by atoms with Gasteiger partial charge in [-0.3, -0.25) is 0 Å². The van der Waals surface area contributed by atoms with Crippen molar-refractivity contribution in [2.45, 2.75) is 39.2 Å². The van der Waals surface area contributed by atoms with E-state index in [9.17, 15) is 0 Å². The quantitative estimate of drug-likeness (QED) is 0.777. The molecule has 0 aliphatic heterocycles. The molecule has 1 unspecified atom stereocenters. The van der Waals surface area contributed by atoms with Gasteiger partial charge in [-0.2, -0.15) is 0 Å². The topological polar surface area (TPSA) is 38.0 Å². The third kappa shape index (κ3) is 4.28. The van der Waals surface area contributed by atoms with Crippen LogP contribution < -0.4 is 11.1 Å². The smallest absolute Gasteiger partial charge is 0.107 e. The monoisotopic (exact) mass is 314 g/mol. The van der Waals surface area contributed by atoms with E-state index in [0.29, 0.717) is 11.0 Å². The van der Waals surface area contributed by atoms with Crippen LogP contribution in [0.2, 0.25) is 0 Å². The zero-order chi connectivity index (χ0) is 12.8. The summed E-state index contributed by atoms with van der Waals surface area (Å²) in [4.78, 5) is 0.419. The van der Waals surface area contributed by atoms with E-state index in [-0.39, 0.29) is 0 Å². The molecule has 0 fully saturated rings. The molecule has 0 aromatic heterocycles. The Labute approximate surface area is 117 Å². The molecule has 2 nitrogen and oxygen atoms in total. The van der Waals surface area contributed by atoms with Crippen molar-refractivity contribution in [1.29, 1.82) is 0 Å². The molecule has 17 heavy (non-hydrogen) atoms. The number of benzene rings is 1. The highest BCUT2D eigenvalue weighted by Gasteiger charge is 2.11. The summed E-state index contributed by atoms with van der Waals surface area (Å²) in [5, 5.41) is 3.47. The van der Waals surface area contributed by atoms with Crippen LogP contribution in [0.25, 0.3) is 0 Å². The Kier molecular flexibility index (Phi) is 5.92. The largest absolute Gasteiger partial charge is 0.389 e. The SMILES string of the molecule is CCCCC(C)Nc1cccc(Br)c1C(N)=S. The van der Waals surface area contributed by atoms with Crippen LogP contribution in [-0.2, 0) is 0 Å². The van der Waals surface area contributed by atoms with Gasteiger partial charge in [0.1, 0.15) is 4.99 Å². The number of hydrogen-bond donors (Lipinski definition) is 2. The van der Waals surface area contributed by atoms with Gasteiger partial charge < -0.3 is 11.1 Å². The number of halogens is 1. The molecule has 0 aliphatic carbocycles. The van der Waals surface area contributed by atoms with Gasteiger partial charge in [0.15, 0.2) is 0 Å². The first-order valence-corrected chi connectivity index (χ1v) is 7.11. The summed E-state index contributed by atoms with van der Waals surface area (Å²) in [7, 11) is 0. The summed E-state index contributed by atoms with van der Waals surface area (Å²) in [6.45, 7) is 4.38. The van der Waals surface area contributed by atoms with Gasteiger partial charge in [0.05, 0.1) is 0 Å². The van der Waals surface area contributed by atoms with E-state index in [4.69, 9.17) is 18.0 Å². The highest BCUT2D eigenvalue weighted by Crippen LogP contribution is 2.25. The molecule has 0 heterocycles. The van der Waals surface area contributed by atoms with Crippen molar-refractivity contribution in [3.8, 4) is 0 Å². The van der Waals surface area contributed by atoms with E-state index in [1.165, 1.54) is 12.8 Å². The lowest BCUT2D eigenvalue weighted by Gasteiger charge is -2.18. The van der Waals surface area contributed by atoms with Crippen LogP contribution in [-0.4, -0.2) is 11.0 Å². The molecule has 0 spiro atoms. The predicted molar refractivity (Wildman–Crippen MR) is 82.6 cm³/mol. The van der Waals surface area contributed by atoms with E-state index in [0.717, 1.165) is 22.1 Å². The maximum absolute atomic E-state index is 5.75. The maximum Gasteiger partial charge on any atom is 0.107 e. The summed E-state index contributed by atoms with van der Waals surface area (Å²) < 4.78 is 0.942. The van der Waals surface area contributed by atoms with Crippen LogP contribution >= 0.6 is 28.1 Å². The fourth-order valence-electron chi connectivity index (χ4n) is 1.74. The third-order valence-electron chi connectivity index (χ3n) is 2.65. The second-order valence-electron chi connectivity index (χ2n) is 4.21. The first-order chi connectivity index (χ1) is 8.06. The first-order valence-electron chi connectivity index (χ1n) is 5.91. The Morgan fingerprint density at radius 1 is 1.53 bits per heavy atom. The third-order valence-corrected chi connectivity index (χ3v) is 3.52. The molecule has 3 N–H and O–H groups in total. The Morgan fingerprint density at radius 2 is 2.24 bits per heavy atom. The highest BCUT2D eigenvalue weighted by atomic mass is 79.9. The van der Waals surface area contributed by atoms with E-state index in [1.54, 1.807) is 0 Å². The molecule has 1 aromatic rings. The normalized spacial score (nSPS) is 12.2. The Balaban J connectivity index is 2.83. The van der Waals surface area contributed by atoms with Gasteiger partial charge in [-0.05, 0) is 41.4 Å². The van der Waals surface area contributed by atoms with Crippen LogP contribution in [0.3, 0.4) is 0 Å². The summed E-state index contributed by atoms with van der Waals surface area (Å²) in [6.07, 6.45) is 3.59. The summed E-state index contributed by atoms with van der Waals surface area (Å²) >= 11 is 8.57. The molecular weight excluding hydrogens is 296 g/mol. The molecule has 0 saturated carbocycles. The molecule has 1 atom stereocenters. The number of nitrogens with two attached hydrogens (primary N) is 1. The zero-order valence-corrected chi connectivity index (χ0v) is 12.7. The number of anilines is 1. The molecular formula is C13H19BrN2S. The molecule has 94 valence electrons. The fourth-order valence-corrected chi connectivity index (χ4v) is 2.67. The van der Waals surface area contributed by atoms with E-state index in [1.807, 2.05) is 18.2 Å². The molecule has 0 bridgehead atoms. The molecule has 0 saturated heterocycles. The van der Waals surface area contributed by atoms with Crippen LogP contribution in [0.5, 0.6) is 0 Å². The Hall–Kier alpha value is -0.610. The van der Waals surface area contributed by atoms with Crippen LogP contribution in [0.4, 0.5) is 5.69 Å². The minimum atomic E-state index is 0.419. The van der Waals surface area contributed by atoms with Crippen molar-refractivity contribution in [3.05, 3.63) is 28.2 Å². The van der Waals surface area contributed by atoms with Crippen molar-refractivity contribution >= 4 is 38.8 Å². The van der Waals surface area contributed by atoms with Gasteiger partial charge in [0, 0.05) is 21.8 Å². The second kappa shape index (κ2) is 6.97. The minimum Gasteiger partial charge on any atom is -0.389 e. The average Bonchev–Trinajstić information content (AvgIpc) is 2.25. The highest BCUT2D eigenvalue weighted by molar-refractivity contribution is 9.10. The number of hydrogen-bond acceptors (Lipinski definition) is 2. The second-order valence-corrected chi connectivity index (χ2v) is 5.51. The van der Waals surface area contributed by atoms with E-state index >= 15 is 0 Å². The Morgan fingerprint density at radius 3 is 2.82 bits per heavy atom. The van der Waals surface area contributed by atoms with E-state index < -0.39 is 0 Å². The summed E-state index contributed by atoms with van der Waals surface area (Å²) in [5.41, 5.74) is 7.66. The number of rotatable bonds is 6. The Bertz CT molecular complexity index is 393. The lowest BCUT2D eigenvalue weighted by molar-refractivity contribution is 0.645. The zero-order valence-electron chi connectivity index (χ0n) is 10.3. The molecule has 0 aliphatic rings. The van der Waals surface area contributed by atoms with Crippen LogP contribution in [0.1, 0.15) is 38.7 Å². The predicted octanol–water partition coefficient (Wildman–Crippen LogP) is 4.07. The van der Waals surface area contributed by atoms with Gasteiger partial charge >= 0.3 is 0 Å².